The van der Waals surface area contributed by atoms with E-state index in [9.17, 15) is 5.11 Å². The zero-order valence-electron chi connectivity index (χ0n) is 14.0. The summed E-state index contributed by atoms with van der Waals surface area (Å²) in [6, 6.07) is 8.27. The number of nitrogens with one attached hydrogen (secondary N) is 1. The summed E-state index contributed by atoms with van der Waals surface area (Å²) < 4.78 is 6.16. The highest BCUT2D eigenvalue weighted by Gasteiger charge is 2.18. The second kappa shape index (κ2) is 8.67. The van der Waals surface area contributed by atoms with Gasteiger partial charge in [0.05, 0.1) is 12.2 Å². The van der Waals surface area contributed by atoms with Crippen LogP contribution in [0.15, 0.2) is 24.3 Å². The molecule has 2 N–H and O–H groups in total. The number of para-hydroxylation sites is 1. The fourth-order valence-corrected chi connectivity index (χ4v) is 3.65. The Hall–Kier alpha value is -1.10. The maximum absolute atomic E-state index is 10.2. The Labute approximate surface area is 139 Å². The first-order valence-corrected chi connectivity index (χ1v) is 9.17. The molecule has 0 spiro atoms. The predicted octanol–water partition coefficient (Wildman–Crippen LogP) is 2.55. The second-order valence-corrected chi connectivity index (χ2v) is 6.92. The lowest BCUT2D eigenvalue weighted by Gasteiger charge is -2.20. The van der Waals surface area contributed by atoms with E-state index in [-0.39, 0.29) is 6.10 Å². The molecule has 1 saturated carbocycles. The van der Waals surface area contributed by atoms with Crippen LogP contribution >= 0.6 is 0 Å². The molecule has 1 aromatic carbocycles. The van der Waals surface area contributed by atoms with Crippen LogP contribution in [0.4, 0.5) is 0 Å². The average Bonchev–Trinajstić information content (AvgIpc) is 3.23. The third-order valence-corrected chi connectivity index (χ3v) is 4.93. The molecule has 1 aromatic rings. The highest BCUT2D eigenvalue weighted by Crippen LogP contribution is 2.26. The molecule has 128 valence electrons. The van der Waals surface area contributed by atoms with Gasteiger partial charge in [-0.1, -0.05) is 18.2 Å². The summed E-state index contributed by atoms with van der Waals surface area (Å²) in [5, 5.41) is 13.5. The van der Waals surface area contributed by atoms with Crippen molar-refractivity contribution >= 4 is 0 Å². The van der Waals surface area contributed by atoms with Crippen molar-refractivity contribution in [3.05, 3.63) is 29.8 Å². The summed E-state index contributed by atoms with van der Waals surface area (Å²) >= 11 is 0. The van der Waals surface area contributed by atoms with E-state index in [0.717, 1.165) is 31.9 Å². The largest absolute Gasteiger partial charge is 0.490 e. The van der Waals surface area contributed by atoms with Gasteiger partial charge in [0.15, 0.2) is 0 Å². The zero-order valence-corrected chi connectivity index (χ0v) is 14.0. The van der Waals surface area contributed by atoms with Crippen LogP contribution in [0.2, 0.25) is 0 Å². The minimum Gasteiger partial charge on any atom is -0.490 e. The molecule has 0 amide bonds. The first kappa shape index (κ1) is 16.7. The van der Waals surface area contributed by atoms with E-state index in [0.29, 0.717) is 12.6 Å². The van der Waals surface area contributed by atoms with Gasteiger partial charge < -0.3 is 20.1 Å². The number of β-amino-alcohol motifs (C(OH)–C–C–N with tert-alkyl or cyclic N) is 1. The normalized spacial score (nSPS) is 20.9. The van der Waals surface area contributed by atoms with Gasteiger partial charge in [-0.3, -0.25) is 0 Å². The Balaban J connectivity index is 1.43. The van der Waals surface area contributed by atoms with Crippen LogP contribution in [0.3, 0.4) is 0 Å². The molecule has 1 aliphatic carbocycles. The van der Waals surface area contributed by atoms with Crippen LogP contribution in [0.5, 0.6) is 5.75 Å². The molecule has 23 heavy (non-hydrogen) atoms. The van der Waals surface area contributed by atoms with Crippen molar-refractivity contribution < 1.29 is 9.84 Å². The number of benzene rings is 1. The standard InChI is InChI=1S/C19H30N2O2/c22-17(15-21-11-5-6-12-21)14-20-13-16-7-1-4-10-19(16)23-18-8-2-3-9-18/h1,4,7,10,17-18,20,22H,2-3,5-6,8-9,11-15H2. The van der Waals surface area contributed by atoms with Crippen molar-refractivity contribution in [2.45, 2.75) is 57.3 Å². The number of rotatable bonds is 8. The van der Waals surface area contributed by atoms with Gasteiger partial charge in [0, 0.05) is 25.2 Å². The molecule has 0 bridgehead atoms. The molecule has 0 aromatic heterocycles. The van der Waals surface area contributed by atoms with Gasteiger partial charge >= 0.3 is 0 Å². The lowest BCUT2D eigenvalue weighted by atomic mass is 10.2. The second-order valence-electron chi connectivity index (χ2n) is 6.92. The Morgan fingerprint density at radius 3 is 2.65 bits per heavy atom. The minimum absolute atomic E-state index is 0.295. The smallest absolute Gasteiger partial charge is 0.124 e. The van der Waals surface area contributed by atoms with Gasteiger partial charge in [-0.25, -0.2) is 0 Å². The maximum Gasteiger partial charge on any atom is 0.124 e. The summed E-state index contributed by atoms with van der Waals surface area (Å²) in [4.78, 5) is 2.35. The molecular formula is C19H30N2O2. The number of hydrogen-bond donors (Lipinski definition) is 2. The number of aliphatic hydroxyl groups is 1. The van der Waals surface area contributed by atoms with Gasteiger partial charge in [0.25, 0.3) is 0 Å². The van der Waals surface area contributed by atoms with E-state index >= 15 is 0 Å². The van der Waals surface area contributed by atoms with Crippen LogP contribution in [-0.4, -0.2) is 48.4 Å². The lowest BCUT2D eigenvalue weighted by Crippen LogP contribution is -2.36. The number of nitrogens with zero attached hydrogens (tertiary/aromatic N) is 1. The fraction of sp³-hybridized carbons (Fsp3) is 0.684. The molecule has 4 nitrogen and oxygen atoms in total. The van der Waals surface area contributed by atoms with Gasteiger partial charge in [0.2, 0.25) is 0 Å². The Bertz CT molecular complexity index is 468. The molecule has 1 saturated heterocycles. The van der Waals surface area contributed by atoms with Crippen molar-refractivity contribution in [3.63, 3.8) is 0 Å². The third kappa shape index (κ3) is 5.20. The van der Waals surface area contributed by atoms with Crippen molar-refractivity contribution in [2.24, 2.45) is 0 Å². The summed E-state index contributed by atoms with van der Waals surface area (Å²) in [5.41, 5.74) is 1.19. The van der Waals surface area contributed by atoms with Crippen molar-refractivity contribution in [1.29, 1.82) is 0 Å². The number of aliphatic hydroxyl groups excluding tert-OH is 1. The van der Waals surface area contributed by atoms with Crippen molar-refractivity contribution in [2.75, 3.05) is 26.2 Å². The highest BCUT2D eigenvalue weighted by atomic mass is 16.5. The molecule has 1 unspecified atom stereocenters. The number of likely N-dealkylation sites (tertiary alicyclic amines) is 1. The molecule has 2 fully saturated rings. The Morgan fingerprint density at radius 1 is 1.13 bits per heavy atom. The lowest BCUT2D eigenvalue weighted by molar-refractivity contribution is 0.123. The number of ether oxygens (including phenoxy) is 1. The molecule has 1 heterocycles. The van der Waals surface area contributed by atoms with E-state index in [2.05, 4.69) is 28.4 Å². The van der Waals surface area contributed by atoms with Gasteiger partial charge in [-0.05, 0) is 57.7 Å². The van der Waals surface area contributed by atoms with Gasteiger partial charge in [-0.15, -0.1) is 0 Å². The minimum atomic E-state index is -0.295. The summed E-state index contributed by atoms with van der Waals surface area (Å²) in [6.45, 7) is 4.44. The van der Waals surface area contributed by atoms with Crippen LogP contribution in [-0.2, 0) is 6.54 Å². The van der Waals surface area contributed by atoms with E-state index in [4.69, 9.17) is 4.74 Å². The van der Waals surface area contributed by atoms with E-state index in [1.165, 1.54) is 44.1 Å². The number of hydrogen-bond acceptors (Lipinski definition) is 4. The SMILES string of the molecule is OC(CNCc1ccccc1OC1CCCC1)CN1CCCC1. The van der Waals surface area contributed by atoms with E-state index < -0.39 is 0 Å². The summed E-state index contributed by atoms with van der Waals surface area (Å²) in [7, 11) is 0. The van der Waals surface area contributed by atoms with Crippen LogP contribution in [0, 0.1) is 0 Å². The predicted molar refractivity (Wildman–Crippen MR) is 92.7 cm³/mol. The molecule has 0 radical (unpaired) electrons. The van der Waals surface area contributed by atoms with Crippen LogP contribution < -0.4 is 10.1 Å². The monoisotopic (exact) mass is 318 g/mol. The first-order valence-electron chi connectivity index (χ1n) is 9.17. The molecule has 1 aliphatic heterocycles. The first-order chi connectivity index (χ1) is 11.3. The third-order valence-electron chi connectivity index (χ3n) is 4.93. The zero-order chi connectivity index (χ0) is 15.9. The van der Waals surface area contributed by atoms with Gasteiger partial charge in [-0.2, -0.15) is 0 Å². The topological polar surface area (TPSA) is 44.7 Å². The Morgan fingerprint density at radius 2 is 1.87 bits per heavy atom. The summed E-state index contributed by atoms with van der Waals surface area (Å²) in [6.07, 6.45) is 7.56. The molecule has 4 heteroatoms. The van der Waals surface area contributed by atoms with Gasteiger partial charge in [0.1, 0.15) is 5.75 Å². The van der Waals surface area contributed by atoms with E-state index in [1.54, 1.807) is 0 Å². The maximum atomic E-state index is 10.2. The molecule has 2 aliphatic rings. The Kier molecular flexibility index (Phi) is 6.31. The van der Waals surface area contributed by atoms with E-state index in [1.807, 2.05) is 6.07 Å². The average molecular weight is 318 g/mol. The molecule has 1 atom stereocenters. The van der Waals surface area contributed by atoms with Crippen molar-refractivity contribution in [3.8, 4) is 5.75 Å². The fourth-order valence-electron chi connectivity index (χ4n) is 3.65. The van der Waals surface area contributed by atoms with Crippen LogP contribution in [0.1, 0.15) is 44.1 Å². The van der Waals surface area contributed by atoms with Crippen LogP contribution in [0.25, 0.3) is 0 Å². The molecular weight excluding hydrogens is 288 g/mol. The summed E-state index contributed by atoms with van der Waals surface area (Å²) in [5.74, 6) is 1.00. The van der Waals surface area contributed by atoms with Crippen molar-refractivity contribution in [1.82, 2.24) is 10.2 Å². The molecule has 3 rings (SSSR count). The quantitative estimate of drug-likeness (QED) is 0.773. The highest BCUT2D eigenvalue weighted by molar-refractivity contribution is 5.33.